The summed E-state index contributed by atoms with van der Waals surface area (Å²) in [6, 6.07) is 6.24. The first-order valence-corrected chi connectivity index (χ1v) is 12.9. The van der Waals surface area contributed by atoms with Crippen molar-refractivity contribution in [1.82, 2.24) is 9.21 Å². The molecule has 1 aliphatic carbocycles. The van der Waals surface area contributed by atoms with Crippen LogP contribution >= 0.6 is 22.9 Å². The Hall–Kier alpha value is -1.98. The van der Waals surface area contributed by atoms with Gasteiger partial charge in [-0.1, -0.05) is 11.6 Å². The molecule has 2 amide bonds. The van der Waals surface area contributed by atoms with Gasteiger partial charge in [-0.2, -0.15) is 4.31 Å². The van der Waals surface area contributed by atoms with Gasteiger partial charge in [0.1, 0.15) is 4.90 Å². The lowest BCUT2D eigenvalue weighted by Gasteiger charge is -2.26. The van der Waals surface area contributed by atoms with Crippen LogP contribution in [0.3, 0.4) is 0 Å². The number of thiophene rings is 1. The number of fused-ring (bicyclic) bond motifs is 1. The molecule has 1 fully saturated rings. The van der Waals surface area contributed by atoms with Gasteiger partial charge in [-0.25, -0.2) is 8.42 Å². The van der Waals surface area contributed by atoms with Crippen LogP contribution in [0.4, 0.5) is 5.69 Å². The summed E-state index contributed by atoms with van der Waals surface area (Å²) in [6.07, 6.45) is 3.12. The predicted octanol–water partition coefficient (Wildman–Crippen LogP) is 2.62. The molecule has 2 heterocycles. The molecule has 0 atom stereocenters. The number of nitrogens with one attached hydrogen (secondary N) is 1. The summed E-state index contributed by atoms with van der Waals surface area (Å²) >= 11 is 7.65. The standard InChI is InChI=1S/C21H24ClN3O5S2/c1-24(21(27)18-11-14-3-2-4-17(14)31-18)13-20(26)23-15-5-6-16(22)19(12-15)32(28,29)25-7-9-30-10-8-25/h5-6,11-12H,2-4,7-10,13H2,1H3,(H,23,26). The highest BCUT2D eigenvalue weighted by Crippen LogP contribution is 2.31. The van der Waals surface area contributed by atoms with E-state index in [1.165, 1.54) is 49.2 Å². The van der Waals surface area contributed by atoms with E-state index in [1.807, 2.05) is 6.07 Å². The molecule has 11 heteroatoms. The van der Waals surface area contributed by atoms with Crippen molar-refractivity contribution < 1.29 is 22.7 Å². The molecule has 0 unspecified atom stereocenters. The summed E-state index contributed by atoms with van der Waals surface area (Å²) in [6.45, 7) is 0.972. The lowest BCUT2D eigenvalue weighted by Crippen LogP contribution is -2.40. The van der Waals surface area contributed by atoms with Crippen LogP contribution in [0.25, 0.3) is 0 Å². The normalized spacial score (nSPS) is 16.6. The van der Waals surface area contributed by atoms with Crippen LogP contribution in [0.1, 0.15) is 26.5 Å². The highest BCUT2D eigenvalue weighted by atomic mass is 35.5. The molecule has 0 radical (unpaired) electrons. The second kappa shape index (κ2) is 9.48. The Labute approximate surface area is 196 Å². The molecule has 2 aromatic rings. The largest absolute Gasteiger partial charge is 0.379 e. The minimum Gasteiger partial charge on any atom is -0.379 e. The molecule has 0 spiro atoms. The zero-order valence-corrected chi connectivity index (χ0v) is 20.0. The molecule has 8 nitrogen and oxygen atoms in total. The lowest BCUT2D eigenvalue weighted by atomic mass is 10.2. The number of ether oxygens (including phenoxy) is 1. The van der Waals surface area contributed by atoms with Gasteiger partial charge in [-0.05, 0) is 49.1 Å². The van der Waals surface area contributed by atoms with E-state index in [0.29, 0.717) is 23.8 Å². The van der Waals surface area contributed by atoms with Crippen LogP contribution in [0.5, 0.6) is 0 Å². The predicted molar refractivity (Wildman–Crippen MR) is 123 cm³/mol. The van der Waals surface area contributed by atoms with Gasteiger partial charge >= 0.3 is 0 Å². The number of hydrogen-bond donors (Lipinski definition) is 1. The third kappa shape index (κ3) is 4.84. The number of likely N-dealkylation sites (N-methyl/N-ethyl adjacent to an activating group) is 1. The van der Waals surface area contributed by atoms with E-state index >= 15 is 0 Å². The molecule has 1 saturated heterocycles. The molecular weight excluding hydrogens is 474 g/mol. The van der Waals surface area contributed by atoms with Gasteiger partial charge in [0, 0.05) is 30.7 Å². The number of morpholine rings is 1. The number of sulfonamides is 1. The SMILES string of the molecule is CN(CC(=O)Nc1ccc(Cl)c(S(=O)(=O)N2CCOCC2)c1)C(=O)c1cc2c(s1)CCC2. The number of anilines is 1. The first-order valence-electron chi connectivity index (χ1n) is 10.3. The van der Waals surface area contributed by atoms with Crippen molar-refractivity contribution >= 4 is 50.5 Å². The van der Waals surface area contributed by atoms with Crippen molar-refractivity contribution in [3.8, 4) is 0 Å². The second-order valence-electron chi connectivity index (χ2n) is 7.78. The summed E-state index contributed by atoms with van der Waals surface area (Å²) < 4.78 is 32.4. The zero-order chi connectivity index (χ0) is 22.9. The molecule has 1 aromatic carbocycles. The Morgan fingerprint density at radius 2 is 1.97 bits per heavy atom. The number of carbonyl (C=O) groups is 2. The molecule has 32 heavy (non-hydrogen) atoms. The van der Waals surface area contributed by atoms with E-state index in [4.69, 9.17) is 16.3 Å². The average molecular weight is 498 g/mol. The fourth-order valence-corrected chi connectivity index (χ4v) is 6.97. The highest BCUT2D eigenvalue weighted by Gasteiger charge is 2.29. The van der Waals surface area contributed by atoms with Gasteiger partial charge in [0.15, 0.2) is 0 Å². The Balaban J connectivity index is 1.42. The van der Waals surface area contributed by atoms with Crippen LogP contribution in [0.2, 0.25) is 5.02 Å². The Morgan fingerprint density at radius 3 is 2.69 bits per heavy atom. The molecule has 1 aromatic heterocycles. The molecule has 2 aliphatic rings. The maximum atomic E-state index is 13.0. The summed E-state index contributed by atoms with van der Waals surface area (Å²) in [5.41, 5.74) is 1.52. The van der Waals surface area contributed by atoms with Crippen LogP contribution in [0, 0.1) is 0 Å². The van der Waals surface area contributed by atoms with Crippen molar-refractivity contribution in [3.05, 3.63) is 44.6 Å². The van der Waals surface area contributed by atoms with Crippen LogP contribution in [-0.2, 0) is 32.4 Å². The molecule has 4 rings (SSSR count). The molecule has 1 N–H and O–H groups in total. The second-order valence-corrected chi connectivity index (χ2v) is 11.2. The van der Waals surface area contributed by atoms with Gasteiger partial charge in [-0.3, -0.25) is 9.59 Å². The maximum Gasteiger partial charge on any atom is 0.264 e. The zero-order valence-electron chi connectivity index (χ0n) is 17.6. The fraction of sp³-hybridized carbons (Fsp3) is 0.429. The van der Waals surface area contributed by atoms with Gasteiger partial charge in [-0.15, -0.1) is 11.3 Å². The quantitative estimate of drug-likeness (QED) is 0.661. The van der Waals surface area contributed by atoms with E-state index < -0.39 is 15.9 Å². The monoisotopic (exact) mass is 497 g/mol. The number of rotatable bonds is 6. The third-order valence-electron chi connectivity index (χ3n) is 5.49. The van der Waals surface area contributed by atoms with Crippen LogP contribution in [-0.4, -0.2) is 69.3 Å². The van der Waals surface area contributed by atoms with Crippen LogP contribution < -0.4 is 5.32 Å². The number of hydrogen-bond acceptors (Lipinski definition) is 6. The van der Waals surface area contributed by atoms with E-state index in [-0.39, 0.29) is 35.5 Å². The first-order chi connectivity index (χ1) is 15.3. The molecule has 0 saturated carbocycles. The van der Waals surface area contributed by atoms with E-state index in [1.54, 1.807) is 7.05 Å². The van der Waals surface area contributed by atoms with Crippen LogP contribution in [0.15, 0.2) is 29.2 Å². The van der Waals surface area contributed by atoms with Gasteiger partial charge in [0.05, 0.1) is 29.7 Å². The summed E-state index contributed by atoms with van der Waals surface area (Å²) in [5, 5.41) is 2.74. The van der Waals surface area contributed by atoms with Crippen molar-refractivity contribution in [2.45, 2.75) is 24.2 Å². The third-order valence-corrected chi connectivity index (χ3v) is 9.09. The first kappa shape index (κ1) is 23.2. The number of halogens is 1. The molecular formula is C21H24ClN3O5S2. The fourth-order valence-electron chi connectivity index (χ4n) is 3.82. The Morgan fingerprint density at radius 1 is 1.22 bits per heavy atom. The van der Waals surface area contributed by atoms with Gasteiger partial charge in [0.2, 0.25) is 15.9 Å². The lowest BCUT2D eigenvalue weighted by molar-refractivity contribution is -0.116. The van der Waals surface area contributed by atoms with Crippen molar-refractivity contribution in [2.75, 3.05) is 45.2 Å². The van der Waals surface area contributed by atoms with E-state index in [2.05, 4.69) is 5.32 Å². The smallest absolute Gasteiger partial charge is 0.264 e. The topological polar surface area (TPSA) is 96.0 Å². The van der Waals surface area contributed by atoms with Crippen molar-refractivity contribution in [3.63, 3.8) is 0 Å². The number of benzene rings is 1. The minimum atomic E-state index is -3.82. The number of aryl methyl sites for hydroxylation is 2. The molecule has 1 aliphatic heterocycles. The number of nitrogens with zero attached hydrogens (tertiary/aromatic N) is 2. The van der Waals surface area contributed by atoms with Gasteiger partial charge < -0.3 is 15.0 Å². The van der Waals surface area contributed by atoms with Crippen molar-refractivity contribution in [1.29, 1.82) is 0 Å². The number of amides is 2. The molecule has 172 valence electrons. The van der Waals surface area contributed by atoms with Gasteiger partial charge in [0.25, 0.3) is 5.91 Å². The van der Waals surface area contributed by atoms with E-state index in [0.717, 1.165) is 19.3 Å². The molecule has 0 bridgehead atoms. The van der Waals surface area contributed by atoms with E-state index in [9.17, 15) is 18.0 Å². The van der Waals surface area contributed by atoms with Crippen molar-refractivity contribution in [2.24, 2.45) is 0 Å². The minimum absolute atomic E-state index is 0.0728. The average Bonchev–Trinajstić information content (AvgIpc) is 3.37. The summed E-state index contributed by atoms with van der Waals surface area (Å²) in [7, 11) is -2.24. The highest BCUT2D eigenvalue weighted by molar-refractivity contribution is 7.89. The number of carbonyl (C=O) groups excluding carboxylic acids is 2. The summed E-state index contributed by atoms with van der Waals surface area (Å²) in [4.78, 5) is 28.4. The maximum absolute atomic E-state index is 13.0. The summed E-state index contributed by atoms with van der Waals surface area (Å²) in [5.74, 6) is -0.631. The Kier molecular flexibility index (Phi) is 6.87. The Bertz CT molecular complexity index is 1120.